The van der Waals surface area contributed by atoms with E-state index in [1.807, 2.05) is 0 Å². The zero-order valence-corrected chi connectivity index (χ0v) is 12.9. The number of anilines is 1. The first-order valence-electron chi connectivity index (χ1n) is 6.42. The minimum Gasteiger partial charge on any atom is -0.398 e. The number of carbonyl (C=O) groups is 1. The molecule has 6 nitrogen and oxygen atoms in total. The van der Waals surface area contributed by atoms with E-state index < -0.39 is 21.4 Å². The van der Waals surface area contributed by atoms with Gasteiger partial charge in [0.15, 0.2) is 0 Å². The van der Waals surface area contributed by atoms with Gasteiger partial charge in [-0.1, -0.05) is 0 Å². The van der Waals surface area contributed by atoms with Crippen LogP contribution in [0.5, 0.6) is 0 Å². The number of halogens is 1. The molecule has 2 rings (SSSR count). The van der Waals surface area contributed by atoms with E-state index in [-0.39, 0.29) is 23.0 Å². The highest BCUT2D eigenvalue weighted by Crippen LogP contribution is 2.31. The second-order valence-corrected chi connectivity index (χ2v) is 7.38. The summed E-state index contributed by atoms with van der Waals surface area (Å²) in [6, 6.07) is 3.12. The second-order valence-electron chi connectivity index (χ2n) is 5.55. The lowest BCUT2D eigenvalue weighted by molar-refractivity contribution is -0.142. The fourth-order valence-corrected chi connectivity index (χ4v) is 4.32. The fraction of sp³-hybridized carbons (Fsp3) is 0.462. The molecular weight excluding hydrogens is 297 g/mol. The van der Waals surface area contributed by atoms with Crippen molar-refractivity contribution < 1.29 is 17.6 Å². The Morgan fingerprint density at radius 1 is 1.29 bits per heavy atom. The highest BCUT2D eigenvalue weighted by molar-refractivity contribution is 7.89. The normalized spacial score (nSPS) is 19.8. The van der Waals surface area contributed by atoms with E-state index in [2.05, 4.69) is 0 Å². The van der Waals surface area contributed by atoms with Gasteiger partial charge in [0.1, 0.15) is 16.3 Å². The van der Waals surface area contributed by atoms with Crippen LogP contribution >= 0.6 is 0 Å². The smallest absolute Gasteiger partial charge is 0.246 e. The van der Waals surface area contributed by atoms with E-state index in [9.17, 15) is 17.6 Å². The van der Waals surface area contributed by atoms with Crippen LogP contribution in [0.4, 0.5) is 10.1 Å². The SMILES string of the molecule is CN1CCN(S(=O)(=O)c2ccc(F)cc2N)C(C)(C)C1=O. The van der Waals surface area contributed by atoms with E-state index >= 15 is 0 Å². The Kier molecular flexibility index (Phi) is 3.71. The molecule has 0 unspecified atom stereocenters. The molecule has 116 valence electrons. The number of rotatable bonds is 2. The van der Waals surface area contributed by atoms with E-state index in [1.165, 1.54) is 4.90 Å². The third kappa shape index (κ3) is 2.49. The van der Waals surface area contributed by atoms with Crippen molar-refractivity contribution in [2.45, 2.75) is 24.3 Å². The first kappa shape index (κ1) is 15.7. The molecule has 0 aromatic heterocycles. The molecule has 0 atom stereocenters. The number of benzene rings is 1. The van der Waals surface area contributed by atoms with Gasteiger partial charge in [0, 0.05) is 20.1 Å². The summed E-state index contributed by atoms with van der Waals surface area (Å²) < 4.78 is 39.7. The molecule has 1 fully saturated rings. The van der Waals surface area contributed by atoms with Gasteiger partial charge in [-0.15, -0.1) is 0 Å². The molecule has 1 aromatic carbocycles. The van der Waals surface area contributed by atoms with Crippen LogP contribution in [0.2, 0.25) is 0 Å². The van der Waals surface area contributed by atoms with Gasteiger partial charge in [0.2, 0.25) is 15.9 Å². The third-order valence-electron chi connectivity index (χ3n) is 3.67. The molecule has 0 spiro atoms. The van der Waals surface area contributed by atoms with Crippen LogP contribution in [0.15, 0.2) is 23.1 Å². The maximum absolute atomic E-state index is 13.1. The Morgan fingerprint density at radius 3 is 2.48 bits per heavy atom. The van der Waals surface area contributed by atoms with Crippen molar-refractivity contribution in [1.82, 2.24) is 9.21 Å². The monoisotopic (exact) mass is 315 g/mol. The Labute approximate surface area is 123 Å². The number of sulfonamides is 1. The Bertz CT molecular complexity index is 688. The number of nitrogen functional groups attached to an aromatic ring is 1. The van der Waals surface area contributed by atoms with E-state index in [0.29, 0.717) is 6.54 Å². The highest BCUT2D eigenvalue weighted by Gasteiger charge is 2.47. The quantitative estimate of drug-likeness (QED) is 0.812. The van der Waals surface area contributed by atoms with Gasteiger partial charge in [0.05, 0.1) is 5.69 Å². The second kappa shape index (κ2) is 4.96. The Balaban J connectivity index is 2.51. The largest absolute Gasteiger partial charge is 0.398 e. The van der Waals surface area contributed by atoms with E-state index in [1.54, 1.807) is 20.9 Å². The topological polar surface area (TPSA) is 83.7 Å². The summed E-state index contributed by atoms with van der Waals surface area (Å²) in [4.78, 5) is 13.5. The molecule has 0 saturated carbocycles. The van der Waals surface area contributed by atoms with Crippen molar-refractivity contribution >= 4 is 21.6 Å². The summed E-state index contributed by atoms with van der Waals surface area (Å²) in [5.41, 5.74) is 4.24. The van der Waals surface area contributed by atoms with Crippen LogP contribution < -0.4 is 5.73 Å². The zero-order valence-electron chi connectivity index (χ0n) is 12.1. The summed E-state index contributed by atoms with van der Waals surface area (Å²) in [6.45, 7) is 3.54. The summed E-state index contributed by atoms with van der Waals surface area (Å²) in [7, 11) is -2.35. The minimum absolute atomic E-state index is 0.161. The van der Waals surface area contributed by atoms with Crippen molar-refractivity contribution in [3.8, 4) is 0 Å². The molecule has 1 aliphatic rings. The number of likely N-dealkylation sites (N-methyl/N-ethyl adjacent to an activating group) is 1. The first-order chi connectivity index (χ1) is 9.58. The summed E-state index contributed by atoms with van der Waals surface area (Å²) >= 11 is 0. The van der Waals surface area contributed by atoms with Gasteiger partial charge in [-0.3, -0.25) is 4.79 Å². The molecule has 0 bridgehead atoms. The highest BCUT2D eigenvalue weighted by atomic mass is 32.2. The summed E-state index contributed by atoms with van der Waals surface area (Å²) in [5, 5.41) is 0. The standard InChI is InChI=1S/C13H18FN3O3S/c1-13(2)12(18)16(3)6-7-17(13)21(19,20)11-5-4-9(14)8-10(11)15/h4-5,8H,6-7,15H2,1-3H3. The van der Waals surface area contributed by atoms with Gasteiger partial charge >= 0.3 is 0 Å². The van der Waals surface area contributed by atoms with Gasteiger partial charge in [0.25, 0.3) is 0 Å². The average molecular weight is 315 g/mol. The number of piperazine rings is 1. The lowest BCUT2D eigenvalue weighted by Crippen LogP contribution is -2.63. The molecular formula is C13H18FN3O3S. The molecule has 0 aliphatic carbocycles. The molecule has 1 amide bonds. The average Bonchev–Trinajstić information content (AvgIpc) is 2.35. The number of amides is 1. The van der Waals surface area contributed by atoms with E-state index in [0.717, 1.165) is 22.5 Å². The van der Waals surface area contributed by atoms with Crippen molar-refractivity contribution in [3.63, 3.8) is 0 Å². The number of hydrogen-bond donors (Lipinski definition) is 1. The van der Waals surface area contributed by atoms with Crippen LogP contribution in [-0.2, 0) is 14.8 Å². The van der Waals surface area contributed by atoms with Crippen LogP contribution in [-0.4, -0.2) is 49.2 Å². The number of carbonyl (C=O) groups excluding carboxylic acids is 1. The lowest BCUT2D eigenvalue weighted by atomic mass is 10.0. The summed E-state index contributed by atoms with van der Waals surface area (Å²) in [5.74, 6) is -0.904. The first-order valence-corrected chi connectivity index (χ1v) is 7.86. The molecule has 1 aromatic rings. The molecule has 8 heteroatoms. The maximum Gasteiger partial charge on any atom is 0.246 e. The van der Waals surface area contributed by atoms with Crippen LogP contribution in [0.1, 0.15) is 13.8 Å². The van der Waals surface area contributed by atoms with Crippen molar-refractivity contribution in [1.29, 1.82) is 0 Å². The predicted octanol–water partition coefficient (Wildman–Crippen LogP) is 0.649. The molecule has 1 saturated heterocycles. The number of nitrogens with two attached hydrogens (primary N) is 1. The molecule has 1 aliphatic heterocycles. The molecule has 1 heterocycles. The number of nitrogens with zero attached hydrogens (tertiary/aromatic N) is 2. The zero-order chi connectivity index (χ0) is 16.0. The van der Waals surface area contributed by atoms with E-state index in [4.69, 9.17) is 5.73 Å². The van der Waals surface area contributed by atoms with Crippen molar-refractivity contribution in [2.75, 3.05) is 25.9 Å². The van der Waals surface area contributed by atoms with Crippen molar-refractivity contribution in [2.24, 2.45) is 0 Å². The lowest BCUT2D eigenvalue weighted by Gasteiger charge is -2.43. The fourth-order valence-electron chi connectivity index (χ4n) is 2.49. The van der Waals surface area contributed by atoms with Crippen LogP contribution in [0.25, 0.3) is 0 Å². The Hall–Kier alpha value is -1.67. The van der Waals surface area contributed by atoms with Gasteiger partial charge in [-0.05, 0) is 32.0 Å². The third-order valence-corrected chi connectivity index (χ3v) is 5.82. The minimum atomic E-state index is -3.98. The van der Waals surface area contributed by atoms with Gasteiger partial charge in [-0.2, -0.15) is 4.31 Å². The molecule has 21 heavy (non-hydrogen) atoms. The number of hydrogen-bond acceptors (Lipinski definition) is 4. The predicted molar refractivity (Wildman–Crippen MR) is 76.4 cm³/mol. The van der Waals surface area contributed by atoms with Crippen LogP contribution in [0.3, 0.4) is 0 Å². The maximum atomic E-state index is 13.1. The van der Waals surface area contributed by atoms with Gasteiger partial charge in [-0.25, -0.2) is 12.8 Å². The Morgan fingerprint density at radius 2 is 1.90 bits per heavy atom. The van der Waals surface area contributed by atoms with Crippen molar-refractivity contribution in [3.05, 3.63) is 24.0 Å². The summed E-state index contributed by atoms with van der Waals surface area (Å²) in [6.07, 6.45) is 0. The molecule has 0 radical (unpaired) electrons. The molecule has 2 N–H and O–H groups in total. The van der Waals surface area contributed by atoms with Crippen LogP contribution in [0, 0.1) is 5.82 Å². The van der Waals surface area contributed by atoms with Gasteiger partial charge < -0.3 is 10.6 Å².